The van der Waals surface area contributed by atoms with Crippen molar-refractivity contribution in [3.8, 4) is 5.75 Å². The first-order chi connectivity index (χ1) is 9.74. The molecule has 1 aliphatic heterocycles. The van der Waals surface area contributed by atoms with Crippen molar-refractivity contribution >= 4 is 11.5 Å². The molecule has 102 valence electrons. The lowest BCUT2D eigenvalue weighted by molar-refractivity contribution is -0.120. The first kappa shape index (κ1) is 12.7. The Balaban J connectivity index is 1.80. The molecule has 1 unspecified atom stereocenters. The van der Waals surface area contributed by atoms with Gasteiger partial charge in [0.25, 0.3) is 0 Å². The molecule has 0 spiro atoms. The number of nitrogens with one attached hydrogen (secondary N) is 1. The van der Waals surface area contributed by atoms with E-state index in [9.17, 15) is 9.90 Å². The van der Waals surface area contributed by atoms with E-state index in [0.29, 0.717) is 6.42 Å². The maximum Gasteiger partial charge on any atom is 0.144 e. The molecule has 20 heavy (non-hydrogen) atoms. The number of phenolic OH excluding ortho intramolecular Hbond substituents is 1. The van der Waals surface area contributed by atoms with Crippen molar-refractivity contribution in [2.24, 2.45) is 0 Å². The molecule has 0 aliphatic carbocycles. The molecule has 0 saturated carbocycles. The minimum absolute atomic E-state index is 0.0266. The molecule has 3 nitrogen and oxygen atoms in total. The van der Waals surface area contributed by atoms with E-state index in [2.05, 4.69) is 5.32 Å². The highest BCUT2D eigenvalue weighted by atomic mass is 16.3. The Labute approximate surface area is 118 Å². The maximum absolute atomic E-state index is 12.5. The molecule has 3 heteroatoms. The second-order valence-electron chi connectivity index (χ2n) is 5.16. The number of anilines is 1. The van der Waals surface area contributed by atoms with E-state index in [-0.39, 0.29) is 17.5 Å². The van der Waals surface area contributed by atoms with Gasteiger partial charge in [-0.3, -0.25) is 4.79 Å². The molecule has 0 saturated heterocycles. The third-order valence-corrected chi connectivity index (χ3v) is 3.79. The predicted octanol–water partition coefficient (Wildman–Crippen LogP) is 3.10. The Morgan fingerprint density at radius 1 is 1.15 bits per heavy atom. The molecule has 1 heterocycles. The van der Waals surface area contributed by atoms with Crippen LogP contribution in [0.15, 0.2) is 48.5 Å². The summed E-state index contributed by atoms with van der Waals surface area (Å²) in [5.41, 5.74) is 3.12. The van der Waals surface area contributed by atoms with Gasteiger partial charge in [-0.2, -0.15) is 0 Å². The molecule has 0 amide bonds. The van der Waals surface area contributed by atoms with Crippen LogP contribution in [0.3, 0.4) is 0 Å². The van der Waals surface area contributed by atoms with Crippen LogP contribution >= 0.6 is 0 Å². The molecular formula is C17H17NO2. The first-order valence-corrected chi connectivity index (χ1v) is 6.87. The Kier molecular flexibility index (Phi) is 3.42. The van der Waals surface area contributed by atoms with Gasteiger partial charge < -0.3 is 10.4 Å². The van der Waals surface area contributed by atoms with E-state index >= 15 is 0 Å². The normalized spacial score (nSPS) is 17.1. The van der Waals surface area contributed by atoms with Gasteiger partial charge >= 0.3 is 0 Å². The number of fused-ring (bicyclic) bond motifs is 1. The Hall–Kier alpha value is -2.29. The van der Waals surface area contributed by atoms with E-state index in [0.717, 1.165) is 29.8 Å². The number of carbonyl (C=O) groups is 1. The first-order valence-electron chi connectivity index (χ1n) is 6.87. The number of para-hydroxylation sites is 1. The number of phenols is 1. The summed E-state index contributed by atoms with van der Waals surface area (Å²) in [6, 6.07) is 14.9. The second kappa shape index (κ2) is 5.37. The molecule has 1 atom stereocenters. The molecule has 0 bridgehead atoms. The highest BCUT2D eigenvalue weighted by Gasteiger charge is 2.25. The second-order valence-corrected chi connectivity index (χ2v) is 5.16. The van der Waals surface area contributed by atoms with Gasteiger partial charge in [0, 0.05) is 24.6 Å². The lowest BCUT2D eigenvalue weighted by Crippen LogP contribution is -2.24. The van der Waals surface area contributed by atoms with Crippen LogP contribution in [0.1, 0.15) is 23.5 Å². The van der Waals surface area contributed by atoms with Gasteiger partial charge in [0.1, 0.15) is 11.5 Å². The summed E-state index contributed by atoms with van der Waals surface area (Å²) in [6.45, 7) is 0.836. The minimum Gasteiger partial charge on any atom is -0.508 e. The highest BCUT2D eigenvalue weighted by Crippen LogP contribution is 2.32. The van der Waals surface area contributed by atoms with Crippen molar-refractivity contribution in [1.82, 2.24) is 0 Å². The van der Waals surface area contributed by atoms with Crippen molar-refractivity contribution in [3.63, 3.8) is 0 Å². The molecule has 3 rings (SSSR count). The summed E-state index contributed by atoms with van der Waals surface area (Å²) in [4.78, 5) is 12.5. The van der Waals surface area contributed by atoms with Crippen LogP contribution in [-0.2, 0) is 11.2 Å². The maximum atomic E-state index is 12.5. The van der Waals surface area contributed by atoms with E-state index in [4.69, 9.17) is 0 Å². The number of carbonyl (C=O) groups excluding carboxylic acids is 1. The van der Waals surface area contributed by atoms with Crippen molar-refractivity contribution in [3.05, 3.63) is 59.7 Å². The number of ketones is 1. The Morgan fingerprint density at radius 3 is 2.70 bits per heavy atom. The van der Waals surface area contributed by atoms with Crippen molar-refractivity contribution in [2.45, 2.75) is 18.8 Å². The number of hydrogen-bond acceptors (Lipinski definition) is 3. The van der Waals surface area contributed by atoms with Crippen molar-refractivity contribution in [1.29, 1.82) is 0 Å². The molecule has 2 N–H and O–H groups in total. The topological polar surface area (TPSA) is 49.3 Å². The average molecular weight is 267 g/mol. The standard InChI is InChI=1S/C17H17NO2/c19-13-7-5-12(6-8-13)11-17(20)15-9-10-18-16-4-2-1-3-14(15)16/h1-8,15,18-19H,9-11H2. The number of aromatic hydroxyl groups is 1. The predicted molar refractivity (Wildman–Crippen MR) is 79.1 cm³/mol. The monoisotopic (exact) mass is 267 g/mol. The van der Waals surface area contributed by atoms with Gasteiger partial charge in [-0.15, -0.1) is 0 Å². The van der Waals surface area contributed by atoms with E-state index in [1.165, 1.54) is 0 Å². The smallest absolute Gasteiger partial charge is 0.144 e. The summed E-state index contributed by atoms with van der Waals surface area (Å²) in [5.74, 6) is 0.444. The number of benzene rings is 2. The van der Waals surface area contributed by atoms with Crippen LogP contribution in [0.25, 0.3) is 0 Å². The fourth-order valence-corrected chi connectivity index (χ4v) is 2.74. The summed E-state index contributed by atoms with van der Waals surface area (Å²) in [7, 11) is 0. The minimum atomic E-state index is -0.0266. The molecule has 1 aliphatic rings. The van der Waals surface area contributed by atoms with Gasteiger partial charge in [0.05, 0.1) is 0 Å². The van der Waals surface area contributed by atoms with Gasteiger partial charge in [-0.05, 0) is 35.7 Å². The lowest BCUT2D eigenvalue weighted by atomic mass is 9.85. The van der Waals surface area contributed by atoms with E-state index < -0.39 is 0 Å². The zero-order chi connectivity index (χ0) is 13.9. The van der Waals surface area contributed by atoms with Crippen LogP contribution in [0.4, 0.5) is 5.69 Å². The van der Waals surface area contributed by atoms with Crippen molar-refractivity contribution < 1.29 is 9.90 Å². The van der Waals surface area contributed by atoms with E-state index in [1.54, 1.807) is 24.3 Å². The largest absolute Gasteiger partial charge is 0.508 e. The number of hydrogen-bond donors (Lipinski definition) is 2. The molecule has 0 aromatic heterocycles. The lowest BCUT2D eigenvalue weighted by Gasteiger charge is -2.25. The zero-order valence-electron chi connectivity index (χ0n) is 11.2. The van der Waals surface area contributed by atoms with Crippen LogP contribution < -0.4 is 5.32 Å². The Morgan fingerprint density at radius 2 is 1.90 bits per heavy atom. The number of rotatable bonds is 3. The number of Topliss-reactive ketones (excluding diaryl/α,β-unsaturated/α-hetero) is 1. The van der Waals surface area contributed by atoms with Crippen molar-refractivity contribution in [2.75, 3.05) is 11.9 Å². The van der Waals surface area contributed by atoms with Gasteiger partial charge in [0.2, 0.25) is 0 Å². The van der Waals surface area contributed by atoms with Crippen LogP contribution in [-0.4, -0.2) is 17.4 Å². The van der Waals surface area contributed by atoms with Gasteiger partial charge in [0.15, 0.2) is 0 Å². The third-order valence-electron chi connectivity index (χ3n) is 3.79. The SMILES string of the molecule is O=C(Cc1ccc(O)cc1)C1CCNc2ccccc21. The quantitative estimate of drug-likeness (QED) is 0.898. The van der Waals surface area contributed by atoms with Crippen LogP contribution in [0.2, 0.25) is 0 Å². The zero-order valence-corrected chi connectivity index (χ0v) is 11.2. The molecular weight excluding hydrogens is 250 g/mol. The van der Waals surface area contributed by atoms with Gasteiger partial charge in [-0.1, -0.05) is 30.3 Å². The Bertz CT molecular complexity index is 619. The summed E-state index contributed by atoms with van der Waals surface area (Å²) >= 11 is 0. The fraction of sp³-hybridized carbons (Fsp3) is 0.235. The van der Waals surface area contributed by atoms with Crippen LogP contribution in [0.5, 0.6) is 5.75 Å². The van der Waals surface area contributed by atoms with Gasteiger partial charge in [-0.25, -0.2) is 0 Å². The fourth-order valence-electron chi connectivity index (χ4n) is 2.74. The van der Waals surface area contributed by atoms with E-state index in [1.807, 2.05) is 24.3 Å². The summed E-state index contributed by atoms with van der Waals surface area (Å²) in [6.07, 6.45) is 1.26. The molecule has 2 aromatic rings. The molecule has 0 radical (unpaired) electrons. The average Bonchev–Trinajstić information content (AvgIpc) is 2.49. The summed E-state index contributed by atoms with van der Waals surface area (Å²) in [5, 5.41) is 12.6. The molecule has 0 fully saturated rings. The third kappa shape index (κ3) is 2.52. The van der Waals surface area contributed by atoms with Crippen LogP contribution in [0, 0.1) is 0 Å². The highest BCUT2D eigenvalue weighted by molar-refractivity contribution is 5.89. The summed E-state index contributed by atoms with van der Waals surface area (Å²) < 4.78 is 0. The molecule has 2 aromatic carbocycles.